The zero-order valence-electron chi connectivity index (χ0n) is 14.0. The van der Waals surface area contributed by atoms with Gasteiger partial charge in [0.25, 0.3) is 0 Å². The first kappa shape index (κ1) is 18.7. The van der Waals surface area contributed by atoms with Crippen LogP contribution in [0.25, 0.3) is 0 Å². The molecule has 0 radical (unpaired) electrons. The van der Waals surface area contributed by atoms with Crippen molar-refractivity contribution in [1.29, 1.82) is 0 Å². The van der Waals surface area contributed by atoms with Gasteiger partial charge in [-0.2, -0.15) is 16.9 Å². The molecule has 5 nitrogen and oxygen atoms in total. The van der Waals surface area contributed by atoms with E-state index in [1.165, 1.54) is 12.5 Å². The molecular weight excluding hydrogens is 336 g/mol. The predicted molar refractivity (Wildman–Crippen MR) is 101 cm³/mol. The minimum Gasteiger partial charge on any atom is -0.427 e. The van der Waals surface area contributed by atoms with Gasteiger partial charge in [-0.15, -0.1) is 0 Å². The maximum Gasteiger partial charge on any atom is 0.308 e. The van der Waals surface area contributed by atoms with E-state index in [1.807, 2.05) is 18.2 Å². The zero-order chi connectivity index (χ0) is 17.9. The second-order valence-corrected chi connectivity index (χ2v) is 6.35. The Morgan fingerprint density at radius 3 is 2.52 bits per heavy atom. The van der Waals surface area contributed by atoms with Gasteiger partial charge >= 0.3 is 5.97 Å². The number of carbonyl (C=O) groups excluding carboxylic acids is 2. The van der Waals surface area contributed by atoms with Crippen LogP contribution in [0.5, 0.6) is 5.75 Å². The van der Waals surface area contributed by atoms with Crippen molar-refractivity contribution in [3.8, 4) is 5.75 Å². The summed E-state index contributed by atoms with van der Waals surface area (Å²) in [5.41, 5.74) is 4.57. The minimum atomic E-state index is -0.363. The minimum absolute atomic E-state index is 0.133. The summed E-state index contributed by atoms with van der Waals surface area (Å²) in [6.45, 7) is 1.35. The van der Waals surface area contributed by atoms with Crippen molar-refractivity contribution in [3.63, 3.8) is 0 Å². The van der Waals surface area contributed by atoms with E-state index in [4.69, 9.17) is 4.74 Å². The average molecular weight is 356 g/mol. The van der Waals surface area contributed by atoms with E-state index in [-0.39, 0.29) is 11.9 Å². The van der Waals surface area contributed by atoms with E-state index in [0.717, 1.165) is 17.7 Å². The van der Waals surface area contributed by atoms with Crippen LogP contribution in [0.1, 0.15) is 18.1 Å². The predicted octanol–water partition coefficient (Wildman–Crippen LogP) is 3.04. The number of nitrogens with zero attached hydrogens (tertiary/aromatic N) is 1. The molecule has 0 atom stereocenters. The molecule has 2 aromatic rings. The molecular formula is C19H20N2O3S. The van der Waals surface area contributed by atoms with Crippen LogP contribution < -0.4 is 10.2 Å². The van der Waals surface area contributed by atoms with E-state index in [2.05, 4.69) is 22.7 Å². The fraction of sp³-hybridized carbons (Fsp3) is 0.211. The third-order valence-corrected chi connectivity index (χ3v) is 4.11. The summed E-state index contributed by atoms with van der Waals surface area (Å²) < 4.78 is 4.94. The number of hydrazone groups is 1. The number of rotatable bonds is 8. The molecule has 0 bridgehead atoms. The maximum absolute atomic E-state index is 11.7. The van der Waals surface area contributed by atoms with Crippen molar-refractivity contribution >= 4 is 29.9 Å². The van der Waals surface area contributed by atoms with Crippen LogP contribution >= 0.6 is 11.8 Å². The first-order valence-electron chi connectivity index (χ1n) is 7.85. The lowest BCUT2D eigenvalue weighted by Gasteiger charge is -2.02. The van der Waals surface area contributed by atoms with Crippen LogP contribution in [0.2, 0.25) is 0 Å². The lowest BCUT2D eigenvalue weighted by molar-refractivity contribution is -0.131. The normalized spacial score (nSPS) is 10.6. The van der Waals surface area contributed by atoms with Gasteiger partial charge in [0.1, 0.15) is 5.75 Å². The molecule has 0 spiro atoms. The van der Waals surface area contributed by atoms with Crippen LogP contribution in [-0.2, 0) is 16.0 Å². The Labute approximate surface area is 151 Å². The molecule has 0 unspecified atom stereocenters. The average Bonchev–Trinajstić information content (AvgIpc) is 2.61. The van der Waals surface area contributed by atoms with E-state index in [9.17, 15) is 9.59 Å². The van der Waals surface area contributed by atoms with Crippen LogP contribution in [-0.4, -0.2) is 29.6 Å². The summed E-state index contributed by atoms with van der Waals surface area (Å²) in [6, 6.07) is 17.0. The highest BCUT2D eigenvalue weighted by atomic mass is 32.2. The van der Waals surface area contributed by atoms with Crippen molar-refractivity contribution in [2.45, 2.75) is 13.3 Å². The number of aryl methyl sites for hydroxylation is 1. The van der Waals surface area contributed by atoms with Gasteiger partial charge in [0.15, 0.2) is 0 Å². The monoisotopic (exact) mass is 356 g/mol. The summed E-state index contributed by atoms with van der Waals surface area (Å²) in [4.78, 5) is 22.6. The molecule has 0 aromatic heterocycles. The Hall–Kier alpha value is -2.60. The van der Waals surface area contributed by atoms with Crippen LogP contribution in [0.15, 0.2) is 59.7 Å². The maximum atomic E-state index is 11.7. The van der Waals surface area contributed by atoms with Crippen LogP contribution in [0.3, 0.4) is 0 Å². The quantitative estimate of drug-likeness (QED) is 0.260. The molecule has 2 rings (SSSR count). The van der Waals surface area contributed by atoms with Crippen molar-refractivity contribution < 1.29 is 14.3 Å². The van der Waals surface area contributed by atoms with Gasteiger partial charge in [0, 0.05) is 6.92 Å². The van der Waals surface area contributed by atoms with Gasteiger partial charge < -0.3 is 4.74 Å². The molecule has 6 heteroatoms. The van der Waals surface area contributed by atoms with Crippen molar-refractivity contribution in [2.24, 2.45) is 5.10 Å². The Balaban J connectivity index is 1.65. The fourth-order valence-corrected chi connectivity index (χ4v) is 2.77. The van der Waals surface area contributed by atoms with E-state index in [1.54, 1.807) is 42.2 Å². The lowest BCUT2D eigenvalue weighted by atomic mass is 10.2. The Kier molecular flexibility index (Phi) is 7.72. The van der Waals surface area contributed by atoms with Crippen molar-refractivity contribution in [1.82, 2.24) is 5.43 Å². The lowest BCUT2D eigenvalue weighted by Crippen LogP contribution is -2.20. The molecule has 1 amide bonds. The molecule has 0 aliphatic carbocycles. The van der Waals surface area contributed by atoms with Gasteiger partial charge in [-0.25, -0.2) is 5.43 Å². The second-order valence-electron chi connectivity index (χ2n) is 5.24. The molecule has 0 aliphatic heterocycles. The number of benzene rings is 2. The number of hydrogen-bond donors (Lipinski definition) is 1. The highest BCUT2D eigenvalue weighted by molar-refractivity contribution is 7.99. The van der Waals surface area contributed by atoms with Crippen LogP contribution in [0.4, 0.5) is 0 Å². The van der Waals surface area contributed by atoms with E-state index < -0.39 is 0 Å². The molecule has 1 N–H and O–H groups in total. The van der Waals surface area contributed by atoms with Gasteiger partial charge in [0.2, 0.25) is 5.91 Å². The van der Waals surface area contributed by atoms with E-state index in [0.29, 0.717) is 11.5 Å². The van der Waals surface area contributed by atoms with Crippen molar-refractivity contribution in [3.05, 3.63) is 65.7 Å². The van der Waals surface area contributed by atoms with Gasteiger partial charge in [-0.3, -0.25) is 9.59 Å². The molecule has 0 heterocycles. The third-order valence-electron chi connectivity index (χ3n) is 3.16. The fourth-order valence-electron chi connectivity index (χ4n) is 2.00. The number of nitrogens with one attached hydrogen (secondary N) is 1. The highest BCUT2D eigenvalue weighted by Gasteiger charge is 2.00. The van der Waals surface area contributed by atoms with Gasteiger partial charge in [-0.1, -0.05) is 30.3 Å². The molecule has 0 saturated heterocycles. The summed E-state index contributed by atoms with van der Waals surface area (Å²) in [7, 11) is 0. The highest BCUT2D eigenvalue weighted by Crippen LogP contribution is 2.11. The largest absolute Gasteiger partial charge is 0.427 e. The first-order valence-corrected chi connectivity index (χ1v) is 9.01. The first-order chi connectivity index (χ1) is 12.1. The van der Waals surface area contributed by atoms with Gasteiger partial charge in [-0.05, 0) is 47.6 Å². The molecule has 0 saturated carbocycles. The number of hydrogen-bond acceptors (Lipinski definition) is 5. The number of thioether (sulfide) groups is 1. The summed E-state index contributed by atoms with van der Waals surface area (Å²) in [6.07, 6.45) is 2.49. The SMILES string of the molecule is CC(=O)Oc1ccc(/C=N\NC(=O)CSCCc2ccccc2)cc1. The van der Waals surface area contributed by atoms with Crippen LogP contribution in [0, 0.1) is 0 Å². The van der Waals surface area contributed by atoms with Crippen molar-refractivity contribution in [2.75, 3.05) is 11.5 Å². The summed E-state index contributed by atoms with van der Waals surface area (Å²) in [5.74, 6) is 1.24. The molecule has 130 valence electrons. The number of esters is 1. The molecule has 25 heavy (non-hydrogen) atoms. The summed E-state index contributed by atoms with van der Waals surface area (Å²) in [5, 5.41) is 3.92. The Morgan fingerprint density at radius 2 is 1.84 bits per heavy atom. The number of carbonyl (C=O) groups is 2. The standard InChI is InChI=1S/C19H20N2O3S/c1-15(22)24-18-9-7-17(8-10-18)13-20-21-19(23)14-25-12-11-16-5-3-2-4-6-16/h2-10,13H,11-12,14H2,1H3,(H,21,23)/b20-13-. The number of ether oxygens (including phenoxy) is 1. The van der Waals surface area contributed by atoms with Gasteiger partial charge in [0.05, 0.1) is 12.0 Å². The molecule has 2 aromatic carbocycles. The zero-order valence-corrected chi connectivity index (χ0v) is 14.8. The summed E-state index contributed by atoms with van der Waals surface area (Å²) >= 11 is 1.58. The number of amides is 1. The second kappa shape index (κ2) is 10.3. The Morgan fingerprint density at radius 1 is 1.12 bits per heavy atom. The van der Waals surface area contributed by atoms with E-state index >= 15 is 0 Å². The molecule has 0 fully saturated rings. The molecule has 0 aliphatic rings. The topological polar surface area (TPSA) is 67.8 Å². The smallest absolute Gasteiger partial charge is 0.308 e. The Bertz CT molecular complexity index is 715. The third kappa shape index (κ3) is 7.67.